The van der Waals surface area contributed by atoms with Gasteiger partial charge in [-0.3, -0.25) is 4.79 Å². The highest BCUT2D eigenvalue weighted by atomic mass is 16.5. The summed E-state index contributed by atoms with van der Waals surface area (Å²) < 4.78 is 5.90. The number of aliphatic hydroxyl groups excluding tert-OH is 1. The van der Waals surface area contributed by atoms with Gasteiger partial charge in [-0.05, 0) is 64.2 Å². The summed E-state index contributed by atoms with van der Waals surface area (Å²) in [7, 11) is 0. The van der Waals surface area contributed by atoms with Gasteiger partial charge in [-0.1, -0.05) is 71.8 Å². The van der Waals surface area contributed by atoms with Crippen LogP contribution in [-0.2, 0) is 0 Å². The molecule has 3 heteroatoms. The number of allylic oxidation sites excluding steroid dienone is 4. The SMILES string of the molecule is C/C(=C\CO)CC/C=C(\C)CC/C=C(\C)COc1cccc(C(=O)c2ccccc2)c1. The maximum Gasteiger partial charge on any atom is 0.193 e. The Hall–Kier alpha value is -2.91. The molecule has 0 heterocycles. The molecular formula is C28H34O3. The minimum Gasteiger partial charge on any atom is -0.489 e. The van der Waals surface area contributed by atoms with Gasteiger partial charge in [0.05, 0.1) is 6.61 Å². The first-order chi connectivity index (χ1) is 15.0. The summed E-state index contributed by atoms with van der Waals surface area (Å²) in [6.07, 6.45) is 10.4. The van der Waals surface area contributed by atoms with Crippen molar-refractivity contribution < 1.29 is 14.6 Å². The quantitative estimate of drug-likeness (QED) is 0.309. The maximum atomic E-state index is 12.6. The van der Waals surface area contributed by atoms with Gasteiger partial charge in [-0.25, -0.2) is 0 Å². The second-order valence-electron chi connectivity index (χ2n) is 7.92. The predicted octanol–water partition coefficient (Wildman–Crippen LogP) is 6.69. The minimum absolute atomic E-state index is 0.00243. The molecule has 2 rings (SSSR count). The van der Waals surface area contributed by atoms with Gasteiger partial charge in [0.25, 0.3) is 0 Å². The third-order valence-corrected chi connectivity index (χ3v) is 5.10. The average molecular weight is 419 g/mol. The smallest absolute Gasteiger partial charge is 0.193 e. The van der Waals surface area contributed by atoms with Crippen molar-refractivity contribution in [2.75, 3.05) is 13.2 Å². The average Bonchev–Trinajstić information content (AvgIpc) is 2.78. The van der Waals surface area contributed by atoms with Gasteiger partial charge in [0.1, 0.15) is 12.4 Å². The third kappa shape index (κ3) is 9.18. The second-order valence-corrected chi connectivity index (χ2v) is 7.92. The van der Waals surface area contributed by atoms with Crippen LogP contribution in [0.15, 0.2) is 89.5 Å². The topological polar surface area (TPSA) is 46.5 Å². The van der Waals surface area contributed by atoms with E-state index in [0.29, 0.717) is 23.5 Å². The number of carbonyl (C=O) groups is 1. The van der Waals surface area contributed by atoms with E-state index in [1.165, 1.54) is 16.7 Å². The van der Waals surface area contributed by atoms with Gasteiger partial charge in [-0.2, -0.15) is 0 Å². The van der Waals surface area contributed by atoms with Crippen molar-refractivity contribution in [3.63, 3.8) is 0 Å². The molecule has 0 saturated heterocycles. The van der Waals surface area contributed by atoms with E-state index in [1.54, 1.807) is 0 Å². The molecule has 0 aromatic heterocycles. The molecule has 31 heavy (non-hydrogen) atoms. The number of benzene rings is 2. The maximum absolute atomic E-state index is 12.6. The molecule has 0 aliphatic carbocycles. The molecule has 0 fully saturated rings. The summed E-state index contributed by atoms with van der Waals surface area (Å²) in [6, 6.07) is 16.7. The van der Waals surface area contributed by atoms with E-state index in [2.05, 4.69) is 32.9 Å². The molecule has 0 aliphatic rings. The summed E-state index contributed by atoms with van der Waals surface area (Å²) in [6.45, 7) is 6.92. The zero-order valence-corrected chi connectivity index (χ0v) is 18.9. The molecule has 164 valence electrons. The van der Waals surface area contributed by atoms with E-state index in [-0.39, 0.29) is 12.4 Å². The van der Waals surface area contributed by atoms with Crippen LogP contribution in [0.4, 0.5) is 0 Å². The minimum atomic E-state index is 0.00243. The van der Waals surface area contributed by atoms with E-state index in [0.717, 1.165) is 25.7 Å². The molecular weight excluding hydrogens is 384 g/mol. The Bertz CT molecular complexity index is 920. The molecule has 0 bridgehead atoms. The first kappa shape index (κ1) is 24.4. The first-order valence-electron chi connectivity index (χ1n) is 10.9. The fraction of sp³-hybridized carbons (Fsp3) is 0.321. The monoisotopic (exact) mass is 418 g/mol. The third-order valence-electron chi connectivity index (χ3n) is 5.10. The normalized spacial score (nSPS) is 12.7. The summed E-state index contributed by atoms with van der Waals surface area (Å²) in [4.78, 5) is 12.6. The molecule has 2 aromatic rings. The summed E-state index contributed by atoms with van der Waals surface area (Å²) in [5.74, 6) is 0.708. The Labute approximate surface area is 186 Å². The van der Waals surface area contributed by atoms with E-state index >= 15 is 0 Å². The van der Waals surface area contributed by atoms with Crippen molar-refractivity contribution in [1.82, 2.24) is 0 Å². The van der Waals surface area contributed by atoms with Gasteiger partial charge in [-0.15, -0.1) is 0 Å². The Morgan fingerprint density at radius 3 is 2.10 bits per heavy atom. The lowest BCUT2D eigenvalue weighted by Crippen LogP contribution is -2.03. The fourth-order valence-electron chi connectivity index (χ4n) is 3.19. The molecule has 1 N–H and O–H groups in total. The number of ether oxygens (including phenoxy) is 1. The number of hydrogen-bond donors (Lipinski definition) is 1. The second kappa shape index (κ2) is 13.4. The summed E-state index contributed by atoms with van der Waals surface area (Å²) in [5, 5.41) is 8.89. The van der Waals surface area contributed by atoms with Gasteiger partial charge in [0.2, 0.25) is 0 Å². The zero-order valence-electron chi connectivity index (χ0n) is 18.9. The highest BCUT2D eigenvalue weighted by molar-refractivity contribution is 6.09. The zero-order chi connectivity index (χ0) is 22.5. The molecule has 0 spiro atoms. The molecule has 0 atom stereocenters. The van der Waals surface area contributed by atoms with Gasteiger partial charge in [0, 0.05) is 11.1 Å². The number of hydrogen-bond acceptors (Lipinski definition) is 3. The van der Waals surface area contributed by atoms with Gasteiger partial charge in [0.15, 0.2) is 5.78 Å². The largest absolute Gasteiger partial charge is 0.489 e. The lowest BCUT2D eigenvalue weighted by molar-refractivity contribution is 0.103. The molecule has 0 amide bonds. The number of ketones is 1. The van der Waals surface area contributed by atoms with Crippen LogP contribution in [0, 0.1) is 0 Å². The lowest BCUT2D eigenvalue weighted by atomic mass is 10.0. The number of rotatable bonds is 12. The highest BCUT2D eigenvalue weighted by Gasteiger charge is 2.09. The number of carbonyl (C=O) groups excluding carboxylic acids is 1. The molecule has 0 radical (unpaired) electrons. The summed E-state index contributed by atoms with van der Waals surface area (Å²) >= 11 is 0. The van der Waals surface area contributed by atoms with Crippen LogP contribution in [0.2, 0.25) is 0 Å². The fourth-order valence-corrected chi connectivity index (χ4v) is 3.19. The van der Waals surface area contributed by atoms with Gasteiger partial charge >= 0.3 is 0 Å². The van der Waals surface area contributed by atoms with Crippen molar-refractivity contribution in [1.29, 1.82) is 0 Å². The van der Waals surface area contributed by atoms with Crippen molar-refractivity contribution >= 4 is 5.78 Å². The van der Waals surface area contributed by atoms with Crippen LogP contribution in [0.3, 0.4) is 0 Å². The van der Waals surface area contributed by atoms with Crippen molar-refractivity contribution in [3.8, 4) is 5.75 Å². The first-order valence-corrected chi connectivity index (χ1v) is 10.9. The van der Waals surface area contributed by atoms with Crippen LogP contribution in [0.25, 0.3) is 0 Å². The van der Waals surface area contributed by atoms with Crippen molar-refractivity contribution in [3.05, 3.63) is 101 Å². The Kier molecular flexibility index (Phi) is 10.5. The van der Waals surface area contributed by atoms with Crippen LogP contribution in [0.1, 0.15) is 62.4 Å². The molecule has 0 unspecified atom stereocenters. The van der Waals surface area contributed by atoms with E-state index in [9.17, 15) is 4.79 Å². The van der Waals surface area contributed by atoms with Crippen molar-refractivity contribution in [2.45, 2.75) is 46.5 Å². The Balaban J connectivity index is 1.80. The van der Waals surface area contributed by atoms with E-state index in [4.69, 9.17) is 9.84 Å². The lowest BCUT2D eigenvalue weighted by Gasteiger charge is -2.09. The molecule has 3 nitrogen and oxygen atoms in total. The van der Waals surface area contributed by atoms with Crippen LogP contribution < -0.4 is 4.74 Å². The van der Waals surface area contributed by atoms with E-state index < -0.39 is 0 Å². The van der Waals surface area contributed by atoms with Crippen molar-refractivity contribution in [2.24, 2.45) is 0 Å². The molecule has 0 saturated carbocycles. The number of aliphatic hydroxyl groups is 1. The molecule has 2 aromatic carbocycles. The Morgan fingerprint density at radius 2 is 1.42 bits per heavy atom. The Morgan fingerprint density at radius 1 is 0.806 bits per heavy atom. The predicted molar refractivity (Wildman–Crippen MR) is 129 cm³/mol. The van der Waals surface area contributed by atoms with Crippen LogP contribution in [-0.4, -0.2) is 24.1 Å². The van der Waals surface area contributed by atoms with Crippen LogP contribution in [0.5, 0.6) is 5.75 Å². The van der Waals surface area contributed by atoms with E-state index in [1.807, 2.05) is 60.7 Å². The van der Waals surface area contributed by atoms with Gasteiger partial charge < -0.3 is 9.84 Å². The standard InChI is InChI=1S/C28H34O3/c1-22(10-7-12-23(2)18-19-29)11-8-13-24(3)21-31-27-17-9-16-26(20-27)28(30)25-14-5-4-6-15-25/h4-6,9-10,13-18,20,29H,7-8,11-12,19,21H2,1-3H3/b22-10+,23-18+,24-13+. The molecule has 0 aliphatic heterocycles. The highest BCUT2D eigenvalue weighted by Crippen LogP contribution is 2.18. The summed E-state index contributed by atoms with van der Waals surface area (Å²) in [5.41, 5.74) is 5.10. The van der Waals surface area contributed by atoms with Crippen LogP contribution >= 0.6 is 0 Å².